The van der Waals surface area contributed by atoms with Crippen LogP contribution in [0.2, 0.25) is 0 Å². The molecular weight excluding hydrogens is 164 g/mol. The van der Waals surface area contributed by atoms with Crippen LogP contribution < -0.4 is 0 Å². The molecular formula is C11H20O2. The maximum Gasteiger partial charge on any atom is 0.124 e. The molecule has 0 N–H and O–H groups in total. The summed E-state index contributed by atoms with van der Waals surface area (Å²) < 4.78 is 10.6. The van der Waals surface area contributed by atoms with Gasteiger partial charge in [-0.2, -0.15) is 0 Å². The average molecular weight is 184 g/mol. The summed E-state index contributed by atoms with van der Waals surface area (Å²) in [4.78, 5) is 0. The summed E-state index contributed by atoms with van der Waals surface area (Å²) >= 11 is 0. The molecule has 0 radical (unpaired) electrons. The van der Waals surface area contributed by atoms with Gasteiger partial charge in [0.05, 0.1) is 12.9 Å². The highest BCUT2D eigenvalue weighted by Gasteiger charge is 2.23. The molecule has 1 aliphatic carbocycles. The van der Waals surface area contributed by atoms with E-state index in [-0.39, 0.29) is 6.10 Å². The molecule has 0 spiro atoms. The molecule has 0 aromatic rings. The molecule has 1 aliphatic rings. The molecule has 1 rings (SSSR count). The minimum absolute atomic E-state index is 0.225. The highest BCUT2D eigenvalue weighted by molar-refractivity contribution is 4.75. The van der Waals surface area contributed by atoms with Crippen molar-refractivity contribution in [2.75, 3.05) is 13.7 Å². The fourth-order valence-electron chi connectivity index (χ4n) is 2.08. The van der Waals surface area contributed by atoms with Gasteiger partial charge in [0.1, 0.15) is 6.10 Å². The highest BCUT2D eigenvalue weighted by atomic mass is 16.5. The Morgan fingerprint density at radius 1 is 1.38 bits per heavy atom. The van der Waals surface area contributed by atoms with Gasteiger partial charge in [-0.1, -0.05) is 25.8 Å². The maximum absolute atomic E-state index is 5.46. The highest BCUT2D eigenvalue weighted by Crippen LogP contribution is 2.28. The third kappa shape index (κ3) is 3.39. The maximum atomic E-state index is 5.46. The minimum atomic E-state index is 0.225. The first-order chi connectivity index (χ1) is 6.38. The van der Waals surface area contributed by atoms with Crippen LogP contribution in [0.1, 0.15) is 32.1 Å². The summed E-state index contributed by atoms with van der Waals surface area (Å²) in [7, 11) is 1.72. The molecule has 1 fully saturated rings. The van der Waals surface area contributed by atoms with Crippen LogP contribution in [0.5, 0.6) is 0 Å². The number of hydrogen-bond acceptors (Lipinski definition) is 2. The van der Waals surface area contributed by atoms with E-state index in [0.717, 1.165) is 0 Å². The number of hydrogen-bond donors (Lipinski definition) is 0. The normalized spacial score (nSPS) is 21.0. The molecule has 0 heterocycles. The molecule has 0 saturated heterocycles. The number of ether oxygens (including phenoxy) is 2. The second-order valence-corrected chi connectivity index (χ2v) is 3.69. The average Bonchev–Trinajstić information content (AvgIpc) is 2.19. The molecule has 2 nitrogen and oxygen atoms in total. The van der Waals surface area contributed by atoms with Crippen LogP contribution in [0.25, 0.3) is 0 Å². The van der Waals surface area contributed by atoms with Gasteiger partial charge >= 0.3 is 0 Å². The van der Waals surface area contributed by atoms with Crippen molar-refractivity contribution in [3.63, 3.8) is 0 Å². The van der Waals surface area contributed by atoms with Gasteiger partial charge in [-0.3, -0.25) is 0 Å². The minimum Gasteiger partial charge on any atom is -0.496 e. The Labute approximate surface area is 80.9 Å². The Morgan fingerprint density at radius 3 is 2.62 bits per heavy atom. The summed E-state index contributed by atoms with van der Waals surface area (Å²) in [6.45, 7) is 4.29. The van der Waals surface area contributed by atoms with Crippen LogP contribution in [0.15, 0.2) is 12.8 Å². The Bertz CT molecular complexity index is 139. The van der Waals surface area contributed by atoms with Gasteiger partial charge in [0, 0.05) is 7.11 Å². The SMILES string of the molecule is C=COC(COC)C1CCCCC1. The number of methoxy groups -OCH3 is 1. The van der Waals surface area contributed by atoms with E-state index in [9.17, 15) is 0 Å². The van der Waals surface area contributed by atoms with E-state index in [2.05, 4.69) is 6.58 Å². The number of rotatable bonds is 5. The van der Waals surface area contributed by atoms with E-state index in [1.165, 1.54) is 38.4 Å². The molecule has 1 unspecified atom stereocenters. The predicted octanol–water partition coefficient (Wildman–Crippen LogP) is 2.74. The summed E-state index contributed by atoms with van der Waals surface area (Å²) in [6, 6.07) is 0. The van der Waals surface area contributed by atoms with E-state index in [1.807, 2.05) is 0 Å². The molecule has 13 heavy (non-hydrogen) atoms. The largest absolute Gasteiger partial charge is 0.496 e. The van der Waals surface area contributed by atoms with Gasteiger partial charge in [0.15, 0.2) is 0 Å². The summed E-state index contributed by atoms with van der Waals surface area (Å²) in [5, 5.41) is 0. The lowest BCUT2D eigenvalue weighted by Gasteiger charge is -2.28. The molecule has 0 aromatic heterocycles. The van der Waals surface area contributed by atoms with E-state index in [1.54, 1.807) is 7.11 Å². The second kappa shape index (κ2) is 6.03. The van der Waals surface area contributed by atoms with Gasteiger partial charge in [0.25, 0.3) is 0 Å². The standard InChI is InChI=1S/C11H20O2/c1-3-13-11(9-12-2)10-7-5-4-6-8-10/h3,10-11H,1,4-9H2,2H3. The van der Waals surface area contributed by atoms with Gasteiger partial charge in [0.2, 0.25) is 0 Å². The van der Waals surface area contributed by atoms with Gasteiger partial charge in [-0.25, -0.2) is 0 Å². The van der Waals surface area contributed by atoms with Crippen LogP contribution in [0.4, 0.5) is 0 Å². The Hall–Kier alpha value is -0.500. The Kier molecular flexibility index (Phi) is 4.91. The van der Waals surface area contributed by atoms with Gasteiger partial charge in [-0.05, 0) is 18.8 Å². The lowest BCUT2D eigenvalue weighted by Crippen LogP contribution is -2.28. The van der Waals surface area contributed by atoms with Gasteiger partial charge < -0.3 is 9.47 Å². The van der Waals surface area contributed by atoms with Crippen molar-refractivity contribution in [1.29, 1.82) is 0 Å². The van der Waals surface area contributed by atoms with Crippen molar-refractivity contribution >= 4 is 0 Å². The van der Waals surface area contributed by atoms with E-state index in [0.29, 0.717) is 12.5 Å². The van der Waals surface area contributed by atoms with Crippen molar-refractivity contribution in [2.45, 2.75) is 38.2 Å². The lowest BCUT2D eigenvalue weighted by molar-refractivity contribution is 0.00303. The molecule has 76 valence electrons. The first kappa shape index (κ1) is 10.6. The molecule has 1 saturated carbocycles. The van der Waals surface area contributed by atoms with Crippen molar-refractivity contribution < 1.29 is 9.47 Å². The van der Waals surface area contributed by atoms with Crippen molar-refractivity contribution in [3.05, 3.63) is 12.8 Å². The molecule has 1 atom stereocenters. The fourth-order valence-corrected chi connectivity index (χ4v) is 2.08. The fraction of sp³-hybridized carbons (Fsp3) is 0.818. The molecule has 0 aliphatic heterocycles. The van der Waals surface area contributed by atoms with Crippen LogP contribution in [0.3, 0.4) is 0 Å². The zero-order chi connectivity index (χ0) is 9.52. The first-order valence-electron chi connectivity index (χ1n) is 5.13. The predicted molar refractivity (Wildman–Crippen MR) is 53.5 cm³/mol. The van der Waals surface area contributed by atoms with E-state index >= 15 is 0 Å². The topological polar surface area (TPSA) is 18.5 Å². The third-order valence-electron chi connectivity index (χ3n) is 2.78. The zero-order valence-electron chi connectivity index (χ0n) is 8.50. The monoisotopic (exact) mass is 184 g/mol. The zero-order valence-corrected chi connectivity index (χ0v) is 8.50. The van der Waals surface area contributed by atoms with Crippen molar-refractivity contribution in [3.8, 4) is 0 Å². The Morgan fingerprint density at radius 2 is 2.08 bits per heavy atom. The van der Waals surface area contributed by atoms with Crippen molar-refractivity contribution in [1.82, 2.24) is 0 Å². The molecule has 0 bridgehead atoms. The van der Waals surface area contributed by atoms with Crippen LogP contribution >= 0.6 is 0 Å². The molecule has 2 heteroatoms. The lowest BCUT2D eigenvalue weighted by atomic mass is 9.85. The smallest absolute Gasteiger partial charge is 0.124 e. The summed E-state index contributed by atoms with van der Waals surface area (Å²) in [6.07, 6.45) is 8.38. The summed E-state index contributed by atoms with van der Waals surface area (Å²) in [5.74, 6) is 0.673. The molecule has 0 aromatic carbocycles. The van der Waals surface area contributed by atoms with Crippen LogP contribution in [-0.4, -0.2) is 19.8 Å². The third-order valence-corrected chi connectivity index (χ3v) is 2.78. The quantitative estimate of drug-likeness (QED) is 0.612. The first-order valence-corrected chi connectivity index (χ1v) is 5.13. The van der Waals surface area contributed by atoms with Crippen molar-refractivity contribution in [2.24, 2.45) is 5.92 Å². The molecule has 0 amide bonds. The van der Waals surface area contributed by atoms with E-state index in [4.69, 9.17) is 9.47 Å². The van der Waals surface area contributed by atoms with Crippen LogP contribution in [-0.2, 0) is 9.47 Å². The van der Waals surface area contributed by atoms with Gasteiger partial charge in [-0.15, -0.1) is 0 Å². The van der Waals surface area contributed by atoms with E-state index < -0.39 is 0 Å². The van der Waals surface area contributed by atoms with Crippen LogP contribution in [0, 0.1) is 5.92 Å². The second-order valence-electron chi connectivity index (χ2n) is 3.69. The summed E-state index contributed by atoms with van der Waals surface area (Å²) in [5.41, 5.74) is 0. The Balaban J connectivity index is 2.36.